The predicted molar refractivity (Wildman–Crippen MR) is 130 cm³/mol. The van der Waals surface area contributed by atoms with E-state index in [1.54, 1.807) is 18.2 Å². The molecule has 2 amide bonds. The molecule has 4 N–H and O–H groups in total. The maximum absolute atomic E-state index is 11.3. The summed E-state index contributed by atoms with van der Waals surface area (Å²) in [4.78, 5) is 34.5. The first-order chi connectivity index (χ1) is 17.0. The maximum atomic E-state index is 11.3. The number of aromatic nitrogens is 3. The Morgan fingerprint density at radius 2 is 2.00 bits per heavy atom. The first kappa shape index (κ1) is 24.1. The van der Waals surface area contributed by atoms with Crippen molar-refractivity contribution in [1.29, 1.82) is 0 Å². The van der Waals surface area contributed by atoms with Crippen molar-refractivity contribution >= 4 is 34.5 Å². The van der Waals surface area contributed by atoms with Crippen molar-refractivity contribution in [1.82, 2.24) is 20.3 Å². The van der Waals surface area contributed by atoms with Crippen molar-refractivity contribution < 1.29 is 24.2 Å². The fourth-order valence-corrected chi connectivity index (χ4v) is 4.00. The summed E-state index contributed by atoms with van der Waals surface area (Å²) in [7, 11) is 1.49. The third kappa shape index (κ3) is 6.54. The Morgan fingerprint density at radius 1 is 1.17 bits per heavy atom. The lowest BCUT2D eigenvalue weighted by molar-refractivity contribution is -0.118. The first-order valence-corrected chi connectivity index (χ1v) is 11.5. The van der Waals surface area contributed by atoms with Crippen LogP contribution in [0, 0.1) is 0 Å². The second kappa shape index (κ2) is 11.4. The van der Waals surface area contributed by atoms with E-state index >= 15 is 0 Å². The van der Waals surface area contributed by atoms with Crippen molar-refractivity contribution in [2.45, 2.75) is 44.7 Å². The van der Waals surface area contributed by atoms with E-state index in [1.165, 1.54) is 45.4 Å². The van der Waals surface area contributed by atoms with Gasteiger partial charge in [-0.3, -0.25) is 15.1 Å². The van der Waals surface area contributed by atoms with Crippen LogP contribution in [0.15, 0.2) is 36.5 Å². The SMILES string of the molecule is COc1ccc2nccc(NC(=O)O)c2n1.O=C1COc2ccc(CNC3CCCCC3)nc2N1. The highest BCUT2D eigenvalue weighted by Crippen LogP contribution is 2.25. The van der Waals surface area contributed by atoms with Crippen LogP contribution in [0.4, 0.5) is 16.3 Å². The van der Waals surface area contributed by atoms with Gasteiger partial charge in [-0.1, -0.05) is 19.3 Å². The highest BCUT2D eigenvalue weighted by molar-refractivity contribution is 5.95. The normalized spacial score (nSPS) is 15.2. The Balaban J connectivity index is 0.000000168. The van der Waals surface area contributed by atoms with Crippen molar-refractivity contribution in [2.24, 2.45) is 0 Å². The predicted octanol–water partition coefficient (Wildman–Crippen LogP) is 3.56. The molecule has 0 saturated heterocycles. The summed E-state index contributed by atoms with van der Waals surface area (Å²) in [5.41, 5.74) is 2.39. The Bertz CT molecular complexity index is 1200. The lowest BCUT2D eigenvalue weighted by atomic mass is 9.95. The molecule has 11 heteroatoms. The van der Waals surface area contributed by atoms with Gasteiger partial charge >= 0.3 is 6.09 Å². The number of anilines is 2. The van der Waals surface area contributed by atoms with Gasteiger partial charge in [0.05, 0.1) is 24.0 Å². The van der Waals surface area contributed by atoms with Gasteiger partial charge in [-0.2, -0.15) is 0 Å². The molecule has 35 heavy (non-hydrogen) atoms. The molecular formula is C24H28N6O5. The Morgan fingerprint density at radius 3 is 2.77 bits per heavy atom. The van der Waals surface area contributed by atoms with E-state index < -0.39 is 6.09 Å². The van der Waals surface area contributed by atoms with Crippen LogP contribution in [-0.4, -0.2) is 51.8 Å². The lowest BCUT2D eigenvalue weighted by Crippen LogP contribution is -2.31. The molecule has 3 aromatic rings. The van der Waals surface area contributed by atoms with Crippen LogP contribution in [0.2, 0.25) is 0 Å². The van der Waals surface area contributed by atoms with Gasteiger partial charge in [0.1, 0.15) is 5.52 Å². The number of rotatable bonds is 5. The van der Waals surface area contributed by atoms with Crippen LogP contribution in [0.5, 0.6) is 11.6 Å². The first-order valence-electron chi connectivity index (χ1n) is 11.5. The van der Waals surface area contributed by atoms with Crippen LogP contribution >= 0.6 is 0 Å². The summed E-state index contributed by atoms with van der Waals surface area (Å²) >= 11 is 0. The largest absolute Gasteiger partial charge is 0.481 e. The van der Waals surface area contributed by atoms with Gasteiger partial charge in [-0.15, -0.1) is 0 Å². The number of carboxylic acid groups (broad SMARTS) is 1. The number of hydrogen-bond donors (Lipinski definition) is 4. The second-order valence-electron chi connectivity index (χ2n) is 8.21. The highest BCUT2D eigenvalue weighted by atomic mass is 16.5. The minimum atomic E-state index is -1.14. The van der Waals surface area contributed by atoms with Crippen LogP contribution < -0.4 is 25.4 Å². The molecule has 3 aromatic heterocycles. The molecule has 2 aliphatic rings. The standard InChI is InChI=1S/C14H19N3O2.C10H9N3O3/c18-13-9-19-12-7-6-11(16-14(12)17-13)8-15-10-4-2-1-3-5-10;1-16-8-3-2-6-9(13-8)7(4-5-11-6)12-10(14)15/h6-7,10,15H,1-5,8-9H2,(H,16,17,18);2-5H,1H3,(H,11,12)(H,14,15). The number of ether oxygens (including phenoxy) is 2. The van der Waals surface area contributed by atoms with Crippen molar-refractivity contribution in [2.75, 3.05) is 24.4 Å². The third-order valence-corrected chi connectivity index (χ3v) is 5.72. The van der Waals surface area contributed by atoms with Crippen LogP contribution in [0.3, 0.4) is 0 Å². The fraction of sp³-hybridized carbons (Fsp3) is 0.375. The number of methoxy groups -OCH3 is 1. The van der Waals surface area contributed by atoms with E-state index in [9.17, 15) is 9.59 Å². The molecule has 1 fully saturated rings. The van der Waals surface area contributed by atoms with Crippen LogP contribution in [-0.2, 0) is 11.3 Å². The lowest BCUT2D eigenvalue weighted by Gasteiger charge is -2.23. The minimum absolute atomic E-state index is 0.0777. The molecule has 4 heterocycles. The van der Waals surface area contributed by atoms with Gasteiger partial charge in [0.15, 0.2) is 18.2 Å². The summed E-state index contributed by atoms with van der Waals surface area (Å²) in [5, 5.41) is 17.2. The molecule has 0 atom stereocenters. The van der Waals surface area contributed by atoms with E-state index in [4.69, 9.17) is 14.6 Å². The summed E-state index contributed by atoms with van der Waals surface area (Å²) in [6.45, 7) is 0.822. The van der Waals surface area contributed by atoms with E-state index in [-0.39, 0.29) is 12.5 Å². The zero-order valence-corrected chi connectivity index (χ0v) is 19.4. The van der Waals surface area contributed by atoms with E-state index in [0.717, 1.165) is 12.2 Å². The van der Waals surface area contributed by atoms with Crippen molar-refractivity contribution in [3.8, 4) is 11.6 Å². The molecule has 5 rings (SSSR count). The average molecular weight is 481 g/mol. The average Bonchev–Trinajstić information content (AvgIpc) is 2.88. The Hall–Kier alpha value is -3.99. The Labute approximate surface area is 202 Å². The highest BCUT2D eigenvalue weighted by Gasteiger charge is 2.18. The molecule has 1 aliphatic heterocycles. The zero-order valence-electron chi connectivity index (χ0n) is 19.4. The molecule has 0 radical (unpaired) electrons. The zero-order chi connectivity index (χ0) is 24.6. The van der Waals surface area contributed by atoms with Crippen LogP contribution in [0.25, 0.3) is 11.0 Å². The number of pyridine rings is 3. The maximum Gasteiger partial charge on any atom is 0.409 e. The molecule has 0 aromatic carbocycles. The number of amides is 2. The van der Waals surface area contributed by atoms with Gasteiger partial charge in [-0.05, 0) is 37.1 Å². The van der Waals surface area contributed by atoms with Crippen molar-refractivity contribution in [3.05, 3.63) is 42.2 Å². The molecule has 11 nitrogen and oxygen atoms in total. The van der Waals surface area contributed by atoms with Gasteiger partial charge in [-0.25, -0.2) is 14.8 Å². The summed E-state index contributed by atoms with van der Waals surface area (Å²) < 4.78 is 10.3. The molecule has 0 spiro atoms. The van der Waals surface area contributed by atoms with Gasteiger partial charge < -0.3 is 25.2 Å². The molecule has 1 saturated carbocycles. The summed E-state index contributed by atoms with van der Waals surface area (Å²) in [5.74, 6) is 1.46. The molecule has 0 unspecified atom stereocenters. The monoisotopic (exact) mass is 480 g/mol. The van der Waals surface area contributed by atoms with E-state index in [2.05, 4.69) is 30.9 Å². The quantitative estimate of drug-likeness (QED) is 0.430. The number of fused-ring (bicyclic) bond motifs is 2. The van der Waals surface area contributed by atoms with Gasteiger partial charge in [0.25, 0.3) is 5.91 Å². The van der Waals surface area contributed by atoms with E-state index in [1.807, 2.05) is 12.1 Å². The molecular weight excluding hydrogens is 452 g/mol. The molecule has 184 valence electrons. The topological polar surface area (TPSA) is 148 Å². The van der Waals surface area contributed by atoms with Crippen LogP contribution in [0.1, 0.15) is 37.8 Å². The minimum Gasteiger partial charge on any atom is -0.481 e. The number of carbonyl (C=O) groups is 2. The smallest absolute Gasteiger partial charge is 0.409 e. The molecule has 1 aliphatic carbocycles. The number of hydrogen-bond acceptors (Lipinski definition) is 8. The number of nitrogens with one attached hydrogen (secondary N) is 3. The third-order valence-electron chi connectivity index (χ3n) is 5.72. The van der Waals surface area contributed by atoms with Crippen molar-refractivity contribution in [3.63, 3.8) is 0 Å². The number of carbonyl (C=O) groups excluding carboxylic acids is 1. The second-order valence-corrected chi connectivity index (χ2v) is 8.21. The summed E-state index contributed by atoms with van der Waals surface area (Å²) in [6, 6.07) is 9.36. The fourth-order valence-electron chi connectivity index (χ4n) is 4.00. The Kier molecular flexibility index (Phi) is 7.88. The van der Waals surface area contributed by atoms with E-state index in [0.29, 0.717) is 40.2 Å². The number of nitrogens with zero attached hydrogens (tertiary/aromatic N) is 3. The van der Waals surface area contributed by atoms with Gasteiger partial charge in [0.2, 0.25) is 5.88 Å². The summed E-state index contributed by atoms with van der Waals surface area (Å²) in [6.07, 6.45) is 6.88. The molecule has 0 bridgehead atoms. The van der Waals surface area contributed by atoms with Gasteiger partial charge in [0, 0.05) is 24.8 Å².